The average Bonchev–Trinajstić information content (AvgIpc) is 2.77. The maximum Gasteiger partial charge on any atom is 0.332 e. The molecule has 1 N–H and O–H groups in total. The van der Waals surface area contributed by atoms with Crippen molar-refractivity contribution in [1.29, 1.82) is 0 Å². The van der Waals surface area contributed by atoms with Crippen LogP contribution in [0.4, 0.5) is 0 Å². The Labute approximate surface area is 122 Å². The molecule has 2 aromatic heterocycles. The van der Waals surface area contributed by atoms with Crippen molar-refractivity contribution in [2.75, 3.05) is 13.7 Å². The van der Waals surface area contributed by atoms with Crippen LogP contribution in [0.15, 0.2) is 9.59 Å². The highest BCUT2D eigenvalue weighted by atomic mass is 32.1. The van der Waals surface area contributed by atoms with Crippen LogP contribution in [0, 0.1) is 6.92 Å². The molecule has 0 saturated heterocycles. The van der Waals surface area contributed by atoms with E-state index in [1.54, 1.807) is 13.8 Å². The van der Waals surface area contributed by atoms with Gasteiger partial charge in [0, 0.05) is 18.5 Å². The molecule has 20 heavy (non-hydrogen) atoms. The van der Waals surface area contributed by atoms with Crippen LogP contribution in [0.1, 0.15) is 20.1 Å². The maximum atomic E-state index is 12.5. The van der Waals surface area contributed by atoms with Crippen LogP contribution < -0.4 is 11.2 Å². The molecule has 0 aliphatic carbocycles. The molecule has 0 fully saturated rings. The minimum atomic E-state index is -2.56. The summed E-state index contributed by atoms with van der Waals surface area (Å²) in [5.41, 5.74) is -0.547. The summed E-state index contributed by atoms with van der Waals surface area (Å²) in [6, 6.07) is 0. The quantitative estimate of drug-likeness (QED) is 0.882. The molecule has 0 saturated carbocycles. The molecule has 6 nitrogen and oxygen atoms in total. The molecular formula is C13H18N2O4S. The molecule has 0 atom stereocenters. The number of thiophene rings is 1. The molecule has 0 aliphatic heterocycles. The van der Waals surface area contributed by atoms with Crippen molar-refractivity contribution in [2.24, 2.45) is 0 Å². The fraction of sp³-hybridized carbons (Fsp3) is 0.538. The van der Waals surface area contributed by atoms with Gasteiger partial charge in [0.2, 0.25) is 0 Å². The number of fused-ring (bicyclic) bond motifs is 1. The smallest absolute Gasteiger partial charge is 0.332 e. The number of aromatic nitrogens is 2. The minimum absolute atomic E-state index is 0.0408. The lowest BCUT2D eigenvalue weighted by molar-refractivity contribution is 0.186. The first-order valence-corrected chi connectivity index (χ1v) is 7.04. The Morgan fingerprint density at radius 2 is 2.10 bits per heavy atom. The highest BCUT2D eigenvalue weighted by Gasteiger charge is 2.18. The highest BCUT2D eigenvalue weighted by molar-refractivity contribution is 7.18. The minimum Gasteiger partial charge on any atom is -0.391 e. The van der Waals surface area contributed by atoms with Crippen molar-refractivity contribution in [3.05, 3.63) is 31.3 Å². The fourth-order valence-corrected chi connectivity index (χ4v) is 3.28. The number of rotatable bonds is 5. The second-order valence-corrected chi connectivity index (χ2v) is 5.32. The summed E-state index contributed by atoms with van der Waals surface area (Å²) < 4.78 is 22.5. The molecule has 0 spiro atoms. The van der Waals surface area contributed by atoms with Crippen molar-refractivity contribution in [1.82, 2.24) is 9.13 Å². The van der Waals surface area contributed by atoms with Gasteiger partial charge in [0.05, 0.1) is 27.8 Å². The summed E-state index contributed by atoms with van der Waals surface area (Å²) in [5.74, 6) is 0. The number of hydrogen-bond donors (Lipinski definition) is 1. The fourth-order valence-electron chi connectivity index (χ4n) is 2.16. The van der Waals surface area contributed by atoms with Gasteiger partial charge in [0.15, 0.2) is 0 Å². The summed E-state index contributed by atoms with van der Waals surface area (Å²) in [7, 11) is 1.51. The third-order valence-electron chi connectivity index (χ3n) is 3.23. The SMILES string of the molecule is [2H]C([2H])(O)c1sc2c(c1C)c(=O)n(CC)c(=O)n2CCOC. The highest BCUT2D eigenvalue weighted by Crippen LogP contribution is 2.27. The van der Waals surface area contributed by atoms with Crippen molar-refractivity contribution in [3.8, 4) is 0 Å². The van der Waals surface area contributed by atoms with Gasteiger partial charge >= 0.3 is 5.69 Å². The van der Waals surface area contributed by atoms with Gasteiger partial charge in [-0.25, -0.2) is 4.79 Å². The lowest BCUT2D eigenvalue weighted by atomic mass is 10.2. The summed E-state index contributed by atoms with van der Waals surface area (Å²) >= 11 is 0.924. The number of ether oxygens (including phenoxy) is 1. The third kappa shape index (κ3) is 2.21. The van der Waals surface area contributed by atoms with E-state index in [9.17, 15) is 14.7 Å². The molecule has 2 aromatic rings. The zero-order chi connectivity index (χ0) is 16.7. The van der Waals surface area contributed by atoms with Gasteiger partial charge in [-0.3, -0.25) is 13.9 Å². The van der Waals surface area contributed by atoms with Gasteiger partial charge < -0.3 is 9.84 Å². The van der Waals surface area contributed by atoms with Gasteiger partial charge in [-0.15, -0.1) is 11.3 Å². The summed E-state index contributed by atoms with van der Waals surface area (Å²) in [6.45, 7) is 1.48. The van der Waals surface area contributed by atoms with Gasteiger partial charge in [0.25, 0.3) is 5.56 Å². The summed E-state index contributed by atoms with van der Waals surface area (Å²) in [4.78, 5) is 25.3. The maximum absolute atomic E-state index is 12.5. The largest absolute Gasteiger partial charge is 0.391 e. The first-order chi connectivity index (χ1) is 10.2. The van der Waals surface area contributed by atoms with Gasteiger partial charge in [-0.1, -0.05) is 0 Å². The number of methoxy groups -OCH3 is 1. The standard InChI is InChI=1S/C13H18N2O4S/c1-4-14-11(17)10-8(2)9(7-16)20-12(10)15(13(14)18)5-6-19-3/h16H,4-7H2,1-3H3/i7D2. The first-order valence-electron chi connectivity index (χ1n) is 7.22. The number of aliphatic hydroxyl groups is 1. The van der Waals surface area contributed by atoms with Crippen molar-refractivity contribution >= 4 is 21.6 Å². The zero-order valence-electron chi connectivity index (χ0n) is 13.6. The van der Waals surface area contributed by atoms with E-state index in [-0.39, 0.29) is 30.0 Å². The number of nitrogens with zero attached hydrogens (tertiary/aromatic N) is 2. The van der Waals surface area contributed by atoms with Crippen molar-refractivity contribution < 1.29 is 12.6 Å². The van der Waals surface area contributed by atoms with E-state index in [0.29, 0.717) is 10.4 Å². The Morgan fingerprint density at radius 1 is 1.40 bits per heavy atom. The van der Waals surface area contributed by atoms with Gasteiger partial charge in [-0.2, -0.15) is 0 Å². The molecule has 0 aliphatic rings. The molecule has 0 amide bonds. The molecule has 110 valence electrons. The van der Waals surface area contributed by atoms with Crippen LogP contribution in [0.2, 0.25) is 0 Å². The van der Waals surface area contributed by atoms with Crippen LogP contribution in [0.3, 0.4) is 0 Å². The number of aryl methyl sites for hydroxylation is 1. The number of hydrogen-bond acceptors (Lipinski definition) is 5. The third-order valence-corrected chi connectivity index (χ3v) is 4.45. The molecule has 0 bridgehead atoms. The summed E-state index contributed by atoms with van der Waals surface area (Å²) in [6.07, 6.45) is 0. The van der Waals surface area contributed by atoms with Crippen LogP contribution in [0.25, 0.3) is 10.2 Å². The molecule has 0 aromatic carbocycles. The Hall–Kier alpha value is -1.44. The summed E-state index contributed by atoms with van der Waals surface area (Å²) in [5, 5.41) is 9.92. The van der Waals surface area contributed by atoms with Crippen molar-refractivity contribution in [2.45, 2.75) is 33.5 Å². The lowest BCUT2D eigenvalue weighted by Gasteiger charge is -2.10. The Balaban J connectivity index is 2.93. The normalized spacial score (nSPS) is 13.6. The lowest BCUT2D eigenvalue weighted by Crippen LogP contribution is -2.39. The molecule has 0 radical (unpaired) electrons. The van der Waals surface area contributed by atoms with E-state index in [1.807, 2.05) is 0 Å². The predicted molar refractivity (Wildman–Crippen MR) is 78.6 cm³/mol. The van der Waals surface area contributed by atoms with Crippen LogP contribution >= 0.6 is 11.3 Å². The van der Waals surface area contributed by atoms with E-state index in [0.717, 1.165) is 15.9 Å². The Morgan fingerprint density at radius 3 is 2.65 bits per heavy atom. The van der Waals surface area contributed by atoms with E-state index < -0.39 is 17.8 Å². The first kappa shape index (κ1) is 12.3. The van der Waals surface area contributed by atoms with Gasteiger partial charge in [0.1, 0.15) is 4.83 Å². The van der Waals surface area contributed by atoms with Crippen molar-refractivity contribution in [3.63, 3.8) is 0 Å². The van der Waals surface area contributed by atoms with Crippen LogP contribution in [-0.4, -0.2) is 28.0 Å². The second kappa shape index (κ2) is 5.90. The molecule has 7 heteroatoms. The van der Waals surface area contributed by atoms with E-state index in [2.05, 4.69) is 0 Å². The van der Waals surface area contributed by atoms with E-state index in [1.165, 1.54) is 11.7 Å². The van der Waals surface area contributed by atoms with Crippen LogP contribution in [0.5, 0.6) is 0 Å². The Bertz CT molecular complexity index is 817. The van der Waals surface area contributed by atoms with Gasteiger partial charge in [-0.05, 0) is 19.4 Å². The van der Waals surface area contributed by atoms with Crippen LogP contribution in [-0.2, 0) is 24.4 Å². The average molecular weight is 300 g/mol. The second-order valence-electron chi connectivity index (χ2n) is 4.32. The molecular weight excluding hydrogens is 280 g/mol. The zero-order valence-corrected chi connectivity index (χ0v) is 12.4. The van der Waals surface area contributed by atoms with E-state index >= 15 is 0 Å². The monoisotopic (exact) mass is 300 g/mol. The van der Waals surface area contributed by atoms with E-state index in [4.69, 9.17) is 7.48 Å². The predicted octanol–water partition coefficient (Wildman–Crippen LogP) is 0.692. The topological polar surface area (TPSA) is 73.5 Å². The Kier molecular flexibility index (Phi) is 3.63. The molecule has 2 heterocycles. The molecule has 2 rings (SSSR count). The molecule has 0 unspecified atom stereocenters.